The topological polar surface area (TPSA) is 80.3 Å². The summed E-state index contributed by atoms with van der Waals surface area (Å²) in [6, 6.07) is 3.73. The SMILES string of the molecule is COc1ccc2c(n1)NC(CCS(C)(=O)=O)CN2. The Morgan fingerprint density at radius 1 is 1.50 bits per heavy atom. The van der Waals surface area contributed by atoms with E-state index < -0.39 is 9.84 Å². The van der Waals surface area contributed by atoms with Crippen LogP contribution in [0.3, 0.4) is 0 Å². The first kappa shape index (κ1) is 12.9. The molecule has 1 atom stereocenters. The molecule has 6 nitrogen and oxygen atoms in total. The maximum atomic E-state index is 11.1. The number of fused-ring (bicyclic) bond motifs is 1. The lowest BCUT2D eigenvalue weighted by atomic mass is 10.1. The van der Waals surface area contributed by atoms with Gasteiger partial charge in [-0.15, -0.1) is 0 Å². The van der Waals surface area contributed by atoms with Gasteiger partial charge in [0.15, 0.2) is 5.82 Å². The Morgan fingerprint density at radius 2 is 2.28 bits per heavy atom. The van der Waals surface area contributed by atoms with E-state index in [-0.39, 0.29) is 11.8 Å². The van der Waals surface area contributed by atoms with Gasteiger partial charge in [-0.05, 0) is 12.5 Å². The van der Waals surface area contributed by atoms with E-state index in [1.54, 1.807) is 13.2 Å². The summed E-state index contributed by atoms with van der Waals surface area (Å²) in [7, 11) is -1.36. The molecule has 1 aromatic heterocycles. The van der Waals surface area contributed by atoms with Gasteiger partial charge in [-0.3, -0.25) is 0 Å². The van der Waals surface area contributed by atoms with Crippen LogP contribution in [0.2, 0.25) is 0 Å². The fourth-order valence-electron chi connectivity index (χ4n) is 1.82. The third-order valence-corrected chi connectivity index (χ3v) is 3.77. The van der Waals surface area contributed by atoms with Crippen molar-refractivity contribution in [2.75, 3.05) is 36.3 Å². The summed E-state index contributed by atoms with van der Waals surface area (Å²) < 4.78 is 27.3. The van der Waals surface area contributed by atoms with Gasteiger partial charge in [0.25, 0.3) is 0 Å². The number of ether oxygens (including phenoxy) is 1. The van der Waals surface area contributed by atoms with Crippen LogP contribution in [-0.4, -0.2) is 45.1 Å². The van der Waals surface area contributed by atoms with Gasteiger partial charge in [0, 0.05) is 24.9 Å². The van der Waals surface area contributed by atoms with Gasteiger partial charge in [-0.2, -0.15) is 4.98 Å². The Hall–Kier alpha value is -1.50. The zero-order valence-electron chi connectivity index (χ0n) is 10.4. The first-order valence-electron chi connectivity index (χ1n) is 5.71. The summed E-state index contributed by atoms with van der Waals surface area (Å²) in [5.41, 5.74) is 0.909. The van der Waals surface area contributed by atoms with E-state index >= 15 is 0 Å². The van der Waals surface area contributed by atoms with Crippen LogP contribution in [0.1, 0.15) is 6.42 Å². The predicted molar refractivity (Wildman–Crippen MR) is 71.0 cm³/mol. The molecule has 0 aromatic carbocycles. The lowest BCUT2D eigenvalue weighted by molar-refractivity contribution is 0.398. The summed E-state index contributed by atoms with van der Waals surface area (Å²) in [6.07, 6.45) is 1.81. The number of rotatable bonds is 4. The average molecular weight is 271 g/mol. The first-order chi connectivity index (χ1) is 8.48. The van der Waals surface area contributed by atoms with Gasteiger partial charge in [-0.25, -0.2) is 8.42 Å². The van der Waals surface area contributed by atoms with Crippen molar-refractivity contribution in [2.45, 2.75) is 12.5 Å². The van der Waals surface area contributed by atoms with Crippen LogP contribution in [-0.2, 0) is 9.84 Å². The number of hydrogen-bond acceptors (Lipinski definition) is 6. The molecule has 2 N–H and O–H groups in total. The number of aromatic nitrogens is 1. The number of nitrogens with zero attached hydrogens (tertiary/aromatic N) is 1. The summed E-state index contributed by atoms with van der Waals surface area (Å²) in [6.45, 7) is 0.691. The Balaban J connectivity index is 2.04. The molecule has 2 rings (SSSR count). The molecule has 0 fully saturated rings. The van der Waals surface area contributed by atoms with Gasteiger partial charge < -0.3 is 15.4 Å². The summed E-state index contributed by atoms with van der Waals surface area (Å²) in [5.74, 6) is 1.41. The Labute approximate surface area is 107 Å². The quantitative estimate of drug-likeness (QED) is 0.840. The average Bonchev–Trinajstić information content (AvgIpc) is 2.34. The van der Waals surface area contributed by atoms with Crippen molar-refractivity contribution in [3.8, 4) is 5.88 Å². The van der Waals surface area contributed by atoms with Crippen LogP contribution in [0.5, 0.6) is 5.88 Å². The minimum Gasteiger partial charge on any atom is -0.481 e. The van der Waals surface area contributed by atoms with Crippen molar-refractivity contribution >= 4 is 21.3 Å². The second kappa shape index (κ2) is 5.01. The van der Waals surface area contributed by atoms with Crippen molar-refractivity contribution < 1.29 is 13.2 Å². The molecule has 0 aliphatic carbocycles. The van der Waals surface area contributed by atoms with E-state index in [9.17, 15) is 8.42 Å². The molecule has 1 aliphatic heterocycles. The van der Waals surface area contributed by atoms with E-state index in [0.717, 1.165) is 5.69 Å². The van der Waals surface area contributed by atoms with Gasteiger partial charge in [0.1, 0.15) is 9.84 Å². The number of pyridine rings is 1. The molecular weight excluding hydrogens is 254 g/mol. The van der Waals surface area contributed by atoms with Crippen molar-refractivity contribution in [1.29, 1.82) is 0 Å². The Kier molecular flexibility index (Phi) is 3.60. The van der Waals surface area contributed by atoms with Gasteiger partial charge >= 0.3 is 0 Å². The number of nitrogens with one attached hydrogen (secondary N) is 2. The molecule has 18 heavy (non-hydrogen) atoms. The second-order valence-corrected chi connectivity index (χ2v) is 6.65. The third kappa shape index (κ3) is 3.25. The van der Waals surface area contributed by atoms with E-state index in [0.29, 0.717) is 24.7 Å². The monoisotopic (exact) mass is 271 g/mol. The third-order valence-electron chi connectivity index (χ3n) is 2.80. The Bertz CT molecular complexity index is 530. The lowest BCUT2D eigenvalue weighted by Crippen LogP contribution is -2.35. The molecule has 0 amide bonds. The molecule has 7 heteroatoms. The molecule has 1 unspecified atom stereocenters. The number of sulfone groups is 1. The van der Waals surface area contributed by atoms with Crippen molar-refractivity contribution in [3.63, 3.8) is 0 Å². The minimum absolute atomic E-state index is 0.0619. The maximum Gasteiger partial charge on any atom is 0.215 e. The molecule has 1 aliphatic rings. The minimum atomic E-state index is -2.93. The van der Waals surface area contributed by atoms with Crippen LogP contribution in [0.15, 0.2) is 12.1 Å². The molecule has 0 bridgehead atoms. The zero-order valence-corrected chi connectivity index (χ0v) is 11.3. The predicted octanol–water partition coefficient (Wildman–Crippen LogP) is 0.731. The molecule has 100 valence electrons. The highest BCUT2D eigenvalue weighted by Gasteiger charge is 2.19. The summed E-state index contributed by atoms with van der Waals surface area (Å²) in [5, 5.41) is 6.45. The molecule has 0 saturated heterocycles. The highest BCUT2D eigenvalue weighted by Crippen LogP contribution is 2.27. The largest absolute Gasteiger partial charge is 0.481 e. The summed E-state index contributed by atoms with van der Waals surface area (Å²) >= 11 is 0. The van der Waals surface area contributed by atoms with Gasteiger partial charge in [0.2, 0.25) is 5.88 Å². The lowest BCUT2D eigenvalue weighted by Gasteiger charge is -2.27. The molecule has 0 spiro atoms. The number of hydrogen-bond donors (Lipinski definition) is 2. The molecular formula is C11H17N3O3S. The van der Waals surface area contributed by atoms with Crippen LogP contribution < -0.4 is 15.4 Å². The maximum absolute atomic E-state index is 11.1. The van der Waals surface area contributed by atoms with Crippen LogP contribution >= 0.6 is 0 Å². The van der Waals surface area contributed by atoms with E-state index in [2.05, 4.69) is 15.6 Å². The van der Waals surface area contributed by atoms with Gasteiger partial charge in [-0.1, -0.05) is 0 Å². The normalized spacial score (nSPS) is 18.4. The van der Waals surface area contributed by atoms with Crippen LogP contribution in [0, 0.1) is 0 Å². The zero-order chi connectivity index (χ0) is 13.2. The molecule has 2 heterocycles. The highest BCUT2D eigenvalue weighted by molar-refractivity contribution is 7.90. The van der Waals surface area contributed by atoms with Crippen LogP contribution in [0.4, 0.5) is 11.5 Å². The fraction of sp³-hybridized carbons (Fsp3) is 0.545. The molecule has 0 radical (unpaired) electrons. The second-order valence-electron chi connectivity index (χ2n) is 4.39. The smallest absolute Gasteiger partial charge is 0.215 e. The molecule has 1 aromatic rings. The number of anilines is 2. The van der Waals surface area contributed by atoms with Crippen molar-refractivity contribution in [3.05, 3.63) is 12.1 Å². The van der Waals surface area contributed by atoms with Crippen molar-refractivity contribution in [2.24, 2.45) is 0 Å². The molecule has 0 saturated carbocycles. The van der Waals surface area contributed by atoms with E-state index in [1.165, 1.54) is 6.26 Å². The number of methoxy groups -OCH3 is 1. The van der Waals surface area contributed by atoms with Gasteiger partial charge in [0.05, 0.1) is 18.6 Å². The fourth-order valence-corrected chi connectivity index (χ4v) is 2.53. The standard InChI is InChI=1S/C11H17N3O3S/c1-17-10-4-3-9-11(14-10)13-8(7-12-9)5-6-18(2,15)16/h3-4,8,12H,5-7H2,1-2H3,(H,13,14). The van der Waals surface area contributed by atoms with E-state index in [1.807, 2.05) is 6.07 Å². The van der Waals surface area contributed by atoms with E-state index in [4.69, 9.17) is 4.74 Å². The first-order valence-corrected chi connectivity index (χ1v) is 7.77. The van der Waals surface area contributed by atoms with Crippen molar-refractivity contribution in [1.82, 2.24) is 4.98 Å². The summed E-state index contributed by atoms with van der Waals surface area (Å²) in [4.78, 5) is 4.28. The Morgan fingerprint density at radius 3 is 2.94 bits per heavy atom. The van der Waals surface area contributed by atoms with Crippen LogP contribution in [0.25, 0.3) is 0 Å². The highest BCUT2D eigenvalue weighted by atomic mass is 32.2.